The quantitative estimate of drug-likeness (QED) is 0.858. The van der Waals surface area contributed by atoms with E-state index < -0.39 is 0 Å². The highest BCUT2D eigenvalue weighted by molar-refractivity contribution is 7.99. The molecule has 0 spiro atoms. The van der Waals surface area contributed by atoms with Crippen molar-refractivity contribution in [1.29, 1.82) is 0 Å². The van der Waals surface area contributed by atoms with E-state index in [0.29, 0.717) is 17.2 Å². The van der Waals surface area contributed by atoms with Gasteiger partial charge in [-0.05, 0) is 43.2 Å². The van der Waals surface area contributed by atoms with Crippen LogP contribution in [0.15, 0.2) is 24.3 Å². The summed E-state index contributed by atoms with van der Waals surface area (Å²) < 4.78 is 0. The number of carbonyl (C=O) groups excluding carboxylic acids is 1. The summed E-state index contributed by atoms with van der Waals surface area (Å²) in [6, 6.07) is 7.83. The SMILES string of the molecule is CSC1CCC(NC(=O)c2ccc(CCl)cc2)C1. The van der Waals surface area contributed by atoms with Crippen molar-refractivity contribution in [3.63, 3.8) is 0 Å². The lowest BCUT2D eigenvalue weighted by Crippen LogP contribution is -2.33. The molecule has 2 atom stereocenters. The number of nitrogens with one attached hydrogen (secondary N) is 1. The molecule has 0 radical (unpaired) electrons. The molecule has 0 bridgehead atoms. The number of halogens is 1. The number of thioether (sulfide) groups is 1. The number of rotatable bonds is 4. The molecule has 98 valence electrons. The predicted octanol–water partition coefficient (Wildman–Crippen LogP) is 3.44. The Balaban J connectivity index is 1.91. The number of benzene rings is 1. The zero-order valence-corrected chi connectivity index (χ0v) is 12.1. The molecule has 0 saturated heterocycles. The molecule has 1 aliphatic rings. The van der Waals surface area contributed by atoms with Crippen LogP contribution in [0.2, 0.25) is 0 Å². The smallest absolute Gasteiger partial charge is 0.251 e. The zero-order valence-electron chi connectivity index (χ0n) is 10.5. The van der Waals surface area contributed by atoms with Gasteiger partial charge in [0.05, 0.1) is 0 Å². The van der Waals surface area contributed by atoms with Gasteiger partial charge in [0.1, 0.15) is 0 Å². The number of alkyl halides is 1. The van der Waals surface area contributed by atoms with Gasteiger partial charge in [-0.25, -0.2) is 0 Å². The largest absolute Gasteiger partial charge is 0.349 e. The minimum Gasteiger partial charge on any atom is -0.349 e. The van der Waals surface area contributed by atoms with E-state index >= 15 is 0 Å². The molecule has 0 aromatic heterocycles. The Kier molecular flexibility index (Phi) is 4.95. The van der Waals surface area contributed by atoms with Crippen LogP contribution < -0.4 is 5.32 Å². The fourth-order valence-corrected chi connectivity index (χ4v) is 3.27. The number of amides is 1. The lowest BCUT2D eigenvalue weighted by molar-refractivity contribution is 0.0938. The third-order valence-corrected chi connectivity index (χ3v) is 4.83. The van der Waals surface area contributed by atoms with Crippen molar-refractivity contribution in [2.24, 2.45) is 0 Å². The van der Waals surface area contributed by atoms with Crippen molar-refractivity contribution in [2.45, 2.75) is 36.4 Å². The van der Waals surface area contributed by atoms with Crippen molar-refractivity contribution >= 4 is 29.3 Å². The lowest BCUT2D eigenvalue weighted by Gasteiger charge is -2.13. The van der Waals surface area contributed by atoms with Crippen molar-refractivity contribution in [2.75, 3.05) is 6.26 Å². The minimum atomic E-state index is 0.0304. The van der Waals surface area contributed by atoms with Crippen LogP contribution in [0.3, 0.4) is 0 Å². The Bertz CT molecular complexity index is 407. The summed E-state index contributed by atoms with van der Waals surface area (Å²) >= 11 is 7.62. The van der Waals surface area contributed by atoms with Crippen LogP contribution in [0, 0.1) is 0 Å². The molecule has 1 amide bonds. The summed E-state index contributed by atoms with van der Waals surface area (Å²) in [5.41, 5.74) is 1.76. The minimum absolute atomic E-state index is 0.0304. The maximum absolute atomic E-state index is 12.0. The summed E-state index contributed by atoms with van der Waals surface area (Å²) in [4.78, 5) is 12.0. The molecule has 1 aromatic carbocycles. The number of hydrogen-bond donors (Lipinski definition) is 1. The Morgan fingerprint density at radius 1 is 1.39 bits per heavy atom. The van der Waals surface area contributed by atoms with Crippen molar-refractivity contribution in [1.82, 2.24) is 5.32 Å². The summed E-state index contributed by atoms with van der Waals surface area (Å²) in [7, 11) is 0. The monoisotopic (exact) mass is 283 g/mol. The molecule has 1 saturated carbocycles. The Morgan fingerprint density at radius 3 is 2.67 bits per heavy atom. The highest BCUT2D eigenvalue weighted by Crippen LogP contribution is 2.28. The van der Waals surface area contributed by atoms with E-state index in [9.17, 15) is 4.79 Å². The summed E-state index contributed by atoms with van der Waals surface area (Å²) in [5.74, 6) is 0.516. The van der Waals surface area contributed by atoms with Gasteiger partial charge in [-0.3, -0.25) is 4.79 Å². The van der Waals surface area contributed by atoms with Crippen LogP contribution in [0.5, 0.6) is 0 Å². The first-order chi connectivity index (χ1) is 8.72. The second-order valence-corrected chi connectivity index (χ2v) is 6.08. The van der Waals surface area contributed by atoms with Crippen molar-refractivity contribution in [3.05, 3.63) is 35.4 Å². The first-order valence-corrected chi connectivity index (χ1v) is 8.03. The van der Waals surface area contributed by atoms with E-state index in [0.717, 1.165) is 24.0 Å². The molecule has 1 N–H and O–H groups in total. The van der Waals surface area contributed by atoms with E-state index in [-0.39, 0.29) is 5.91 Å². The van der Waals surface area contributed by atoms with Gasteiger partial charge in [-0.2, -0.15) is 11.8 Å². The third kappa shape index (κ3) is 3.42. The molecule has 0 aliphatic heterocycles. The van der Waals surface area contributed by atoms with E-state index in [2.05, 4.69) is 11.6 Å². The fourth-order valence-electron chi connectivity index (χ4n) is 2.30. The van der Waals surface area contributed by atoms with Crippen LogP contribution in [0.4, 0.5) is 0 Å². The molecule has 2 unspecified atom stereocenters. The maximum atomic E-state index is 12.0. The van der Waals surface area contributed by atoms with E-state index in [1.54, 1.807) is 0 Å². The molecule has 2 rings (SSSR count). The van der Waals surface area contributed by atoms with Crippen LogP contribution in [-0.4, -0.2) is 23.5 Å². The van der Waals surface area contributed by atoms with E-state index in [1.165, 1.54) is 6.42 Å². The zero-order chi connectivity index (χ0) is 13.0. The average molecular weight is 284 g/mol. The Morgan fingerprint density at radius 2 is 2.11 bits per heavy atom. The molecule has 2 nitrogen and oxygen atoms in total. The van der Waals surface area contributed by atoms with Gasteiger partial charge < -0.3 is 5.32 Å². The molecular weight excluding hydrogens is 266 g/mol. The van der Waals surface area contributed by atoms with Crippen molar-refractivity contribution < 1.29 is 4.79 Å². The second kappa shape index (κ2) is 6.48. The van der Waals surface area contributed by atoms with Crippen LogP contribution in [0.25, 0.3) is 0 Å². The Labute approximate surface area is 117 Å². The van der Waals surface area contributed by atoms with Crippen LogP contribution in [0.1, 0.15) is 35.2 Å². The van der Waals surface area contributed by atoms with Gasteiger partial charge in [-0.1, -0.05) is 12.1 Å². The average Bonchev–Trinajstić information content (AvgIpc) is 2.86. The standard InChI is InChI=1S/C14H18ClNOS/c1-18-13-7-6-12(8-13)16-14(17)11-4-2-10(9-15)3-5-11/h2-5,12-13H,6-9H2,1H3,(H,16,17). The molecule has 0 heterocycles. The molecule has 1 aliphatic carbocycles. The summed E-state index contributed by atoms with van der Waals surface area (Å²) in [5, 5.41) is 3.81. The van der Waals surface area contributed by atoms with Gasteiger partial charge in [0.25, 0.3) is 5.91 Å². The molecule has 1 aromatic rings. The van der Waals surface area contributed by atoms with Crippen LogP contribution >= 0.6 is 23.4 Å². The summed E-state index contributed by atoms with van der Waals surface area (Å²) in [6.07, 6.45) is 5.53. The van der Waals surface area contributed by atoms with E-state index in [1.807, 2.05) is 36.0 Å². The molecule has 4 heteroatoms. The predicted molar refractivity (Wildman–Crippen MR) is 78.4 cm³/mol. The van der Waals surface area contributed by atoms with Gasteiger partial charge in [0.15, 0.2) is 0 Å². The van der Waals surface area contributed by atoms with Crippen LogP contribution in [-0.2, 0) is 5.88 Å². The Hall–Kier alpha value is -0.670. The lowest BCUT2D eigenvalue weighted by atomic mass is 10.1. The van der Waals surface area contributed by atoms with Gasteiger partial charge in [0.2, 0.25) is 0 Å². The van der Waals surface area contributed by atoms with Crippen molar-refractivity contribution in [3.8, 4) is 0 Å². The highest BCUT2D eigenvalue weighted by atomic mass is 35.5. The number of hydrogen-bond acceptors (Lipinski definition) is 2. The second-order valence-electron chi connectivity index (χ2n) is 4.67. The first kappa shape index (κ1) is 13.8. The van der Waals surface area contributed by atoms with Gasteiger partial charge >= 0.3 is 0 Å². The maximum Gasteiger partial charge on any atom is 0.251 e. The normalized spacial score (nSPS) is 23.0. The van der Waals surface area contributed by atoms with Gasteiger partial charge in [0, 0.05) is 22.7 Å². The molecule has 18 heavy (non-hydrogen) atoms. The summed E-state index contributed by atoms with van der Waals surface area (Å²) in [6.45, 7) is 0. The third-order valence-electron chi connectivity index (χ3n) is 3.42. The van der Waals surface area contributed by atoms with E-state index in [4.69, 9.17) is 11.6 Å². The topological polar surface area (TPSA) is 29.1 Å². The number of carbonyl (C=O) groups is 1. The fraction of sp³-hybridized carbons (Fsp3) is 0.500. The van der Waals surface area contributed by atoms with Gasteiger partial charge in [-0.15, -0.1) is 11.6 Å². The molecule has 1 fully saturated rings. The highest BCUT2D eigenvalue weighted by Gasteiger charge is 2.25. The molecular formula is C14H18ClNOS. The first-order valence-electron chi connectivity index (χ1n) is 6.21.